The first-order valence-electron chi connectivity index (χ1n) is 6.43. The van der Waals surface area contributed by atoms with Crippen molar-refractivity contribution in [3.05, 3.63) is 22.3 Å². The molecule has 1 aliphatic rings. The van der Waals surface area contributed by atoms with Crippen molar-refractivity contribution in [1.29, 1.82) is 0 Å². The number of piperidine rings is 1. The molecule has 2 rings (SSSR count). The molecular weight excluding hydrogens is 308 g/mol. The summed E-state index contributed by atoms with van der Waals surface area (Å²) in [5.41, 5.74) is 0.574. The number of carbonyl (C=O) groups excluding carboxylic acids is 1. The second kappa shape index (κ2) is 6.34. The molecule has 0 saturated carbocycles. The number of nitrogens with zero attached hydrogens (tertiary/aromatic N) is 2. The molecule has 2 heterocycles. The average molecular weight is 327 g/mol. The van der Waals surface area contributed by atoms with E-state index >= 15 is 0 Å². The van der Waals surface area contributed by atoms with Crippen molar-refractivity contribution < 1.29 is 4.79 Å². The van der Waals surface area contributed by atoms with Gasteiger partial charge in [0.2, 0.25) is 0 Å². The largest absolute Gasteiger partial charge is 0.372 e. The van der Waals surface area contributed by atoms with Crippen LogP contribution in [0.3, 0.4) is 0 Å². The first kappa shape index (κ1) is 14.3. The molecule has 1 aromatic rings. The molecule has 19 heavy (non-hydrogen) atoms. The molecule has 1 fully saturated rings. The maximum absolute atomic E-state index is 12.3. The Morgan fingerprint density at radius 2 is 2.37 bits per heavy atom. The van der Waals surface area contributed by atoms with Gasteiger partial charge >= 0.3 is 0 Å². The molecular formula is C13H19BrN4O. The number of halogens is 1. The molecule has 1 atom stereocenters. The number of anilines is 1. The Labute approximate surface area is 121 Å². The number of nitrogens with one attached hydrogen (secondary N) is 2. The van der Waals surface area contributed by atoms with Gasteiger partial charge in [0.1, 0.15) is 5.82 Å². The molecule has 1 unspecified atom stereocenters. The lowest BCUT2D eigenvalue weighted by molar-refractivity contribution is 0.0913. The zero-order valence-corrected chi connectivity index (χ0v) is 12.8. The van der Waals surface area contributed by atoms with Gasteiger partial charge in [0, 0.05) is 30.3 Å². The molecule has 0 spiro atoms. The average Bonchev–Trinajstić information content (AvgIpc) is 2.38. The Balaban J connectivity index is 2.09. The summed E-state index contributed by atoms with van der Waals surface area (Å²) in [5.74, 6) is 0.531. The third-order valence-corrected chi connectivity index (χ3v) is 3.73. The Morgan fingerprint density at radius 3 is 3.05 bits per heavy atom. The number of hydrogen-bond acceptors (Lipinski definition) is 4. The molecule has 1 aromatic heterocycles. The summed E-state index contributed by atoms with van der Waals surface area (Å²) in [6, 6.07) is 2.01. The normalized spacial score (nSPS) is 20.1. The molecule has 1 saturated heterocycles. The van der Waals surface area contributed by atoms with E-state index in [9.17, 15) is 4.79 Å². The fraction of sp³-hybridized carbons (Fsp3) is 0.538. The van der Waals surface area contributed by atoms with Gasteiger partial charge in [-0.15, -0.1) is 0 Å². The van der Waals surface area contributed by atoms with Gasteiger partial charge in [-0.25, -0.2) is 4.98 Å². The van der Waals surface area contributed by atoms with Crippen LogP contribution in [0.15, 0.2) is 16.7 Å². The first-order valence-corrected chi connectivity index (χ1v) is 7.22. The summed E-state index contributed by atoms with van der Waals surface area (Å²) >= 11 is 3.35. The summed E-state index contributed by atoms with van der Waals surface area (Å²) in [6.07, 6.45) is 3.83. The predicted molar refractivity (Wildman–Crippen MR) is 79.5 cm³/mol. The summed E-state index contributed by atoms with van der Waals surface area (Å²) in [6.45, 7) is 2.01. The van der Waals surface area contributed by atoms with E-state index in [-0.39, 0.29) is 11.9 Å². The highest BCUT2D eigenvalue weighted by Crippen LogP contribution is 2.18. The Morgan fingerprint density at radius 1 is 1.58 bits per heavy atom. The van der Waals surface area contributed by atoms with E-state index in [1.165, 1.54) is 0 Å². The minimum atomic E-state index is -0.0709. The zero-order chi connectivity index (χ0) is 13.8. The second-order valence-electron chi connectivity index (χ2n) is 4.87. The van der Waals surface area contributed by atoms with Crippen molar-refractivity contribution in [1.82, 2.24) is 15.2 Å². The van der Waals surface area contributed by atoms with Crippen LogP contribution in [0.5, 0.6) is 0 Å². The van der Waals surface area contributed by atoms with E-state index in [0.29, 0.717) is 11.4 Å². The number of pyridine rings is 1. The van der Waals surface area contributed by atoms with Crippen molar-refractivity contribution >= 4 is 27.7 Å². The molecule has 0 bridgehead atoms. The standard InChI is InChI=1S/C13H19BrN4O/c1-15-12-11(6-9(14)7-16-12)13(19)17-10-4-3-5-18(2)8-10/h6-7,10H,3-5,8H2,1-2H3,(H,15,16)(H,17,19). The highest BCUT2D eigenvalue weighted by molar-refractivity contribution is 9.10. The van der Waals surface area contributed by atoms with E-state index < -0.39 is 0 Å². The van der Waals surface area contributed by atoms with Crippen LogP contribution in [0.1, 0.15) is 23.2 Å². The van der Waals surface area contributed by atoms with Gasteiger partial charge in [-0.05, 0) is 48.4 Å². The summed E-state index contributed by atoms with van der Waals surface area (Å²) < 4.78 is 0.803. The first-order chi connectivity index (χ1) is 9.10. The number of hydrogen-bond donors (Lipinski definition) is 2. The third kappa shape index (κ3) is 3.67. The summed E-state index contributed by atoms with van der Waals surface area (Å²) in [4.78, 5) is 18.8. The minimum absolute atomic E-state index is 0.0709. The van der Waals surface area contributed by atoms with Gasteiger partial charge < -0.3 is 15.5 Å². The van der Waals surface area contributed by atoms with Crippen LogP contribution >= 0.6 is 15.9 Å². The van der Waals surface area contributed by atoms with E-state index in [4.69, 9.17) is 0 Å². The molecule has 1 aliphatic heterocycles. The number of likely N-dealkylation sites (N-methyl/N-ethyl adjacent to an activating group) is 1. The molecule has 5 nitrogen and oxygen atoms in total. The SMILES string of the molecule is CNc1ncc(Br)cc1C(=O)NC1CCCN(C)C1. The molecule has 0 aromatic carbocycles. The van der Waals surface area contributed by atoms with Gasteiger partial charge in [0.05, 0.1) is 5.56 Å². The topological polar surface area (TPSA) is 57.3 Å². The fourth-order valence-electron chi connectivity index (χ4n) is 2.36. The van der Waals surface area contributed by atoms with Crippen molar-refractivity contribution in [2.75, 3.05) is 32.5 Å². The maximum Gasteiger partial charge on any atom is 0.255 e. The molecule has 104 valence electrons. The Kier molecular flexibility index (Phi) is 4.76. The van der Waals surface area contributed by atoms with Crippen LogP contribution in [0.4, 0.5) is 5.82 Å². The molecule has 1 amide bonds. The van der Waals surface area contributed by atoms with Crippen molar-refractivity contribution in [2.24, 2.45) is 0 Å². The smallest absolute Gasteiger partial charge is 0.255 e. The van der Waals surface area contributed by atoms with Gasteiger partial charge in [0.25, 0.3) is 5.91 Å². The van der Waals surface area contributed by atoms with Crippen molar-refractivity contribution in [3.8, 4) is 0 Å². The minimum Gasteiger partial charge on any atom is -0.372 e. The van der Waals surface area contributed by atoms with Gasteiger partial charge in [0.15, 0.2) is 0 Å². The van der Waals surface area contributed by atoms with Crippen LogP contribution in [-0.2, 0) is 0 Å². The number of carbonyl (C=O) groups is 1. The van der Waals surface area contributed by atoms with Crippen molar-refractivity contribution in [3.63, 3.8) is 0 Å². The highest BCUT2D eigenvalue weighted by atomic mass is 79.9. The summed E-state index contributed by atoms with van der Waals surface area (Å²) in [5, 5.41) is 6.03. The second-order valence-corrected chi connectivity index (χ2v) is 5.79. The van der Waals surface area contributed by atoms with E-state index in [0.717, 1.165) is 30.4 Å². The molecule has 2 N–H and O–H groups in total. The molecule has 0 aliphatic carbocycles. The predicted octanol–water partition coefficient (Wildman–Crippen LogP) is 1.71. The number of aromatic nitrogens is 1. The quantitative estimate of drug-likeness (QED) is 0.887. The third-order valence-electron chi connectivity index (χ3n) is 3.30. The van der Waals surface area contributed by atoms with Crippen LogP contribution in [0, 0.1) is 0 Å². The molecule has 6 heteroatoms. The lowest BCUT2D eigenvalue weighted by Gasteiger charge is -2.30. The number of amides is 1. The van der Waals surface area contributed by atoms with E-state index in [1.54, 1.807) is 19.3 Å². The van der Waals surface area contributed by atoms with Crippen molar-refractivity contribution in [2.45, 2.75) is 18.9 Å². The summed E-state index contributed by atoms with van der Waals surface area (Å²) in [7, 11) is 3.85. The highest BCUT2D eigenvalue weighted by Gasteiger charge is 2.21. The van der Waals surface area contributed by atoms with Gasteiger partial charge in [-0.1, -0.05) is 0 Å². The molecule has 0 radical (unpaired) electrons. The lowest BCUT2D eigenvalue weighted by Crippen LogP contribution is -2.46. The van der Waals surface area contributed by atoms with E-state index in [2.05, 4.69) is 43.5 Å². The van der Waals surface area contributed by atoms with E-state index in [1.807, 2.05) is 0 Å². The lowest BCUT2D eigenvalue weighted by atomic mass is 10.1. The van der Waals surface area contributed by atoms with Gasteiger partial charge in [-0.3, -0.25) is 4.79 Å². The monoisotopic (exact) mass is 326 g/mol. The Hall–Kier alpha value is -1.14. The zero-order valence-electron chi connectivity index (χ0n) is 11.2. The number of rotatable bonds is 3. The van der Waals surface area contributed by atoms with Crippen LogP contribution < -0.4 is 10.6 Å². The number of likely N-dealkylation sites (tertiary alicyclic amines) is 1. The van der Waals surface area contributed by atoms with Gasteiger partial charge in [-0.2, -0.15) is 0 Å². The Bertz CT molecular complexity index is 466. The van der Waals surface area contributed by atoms with Crippen LogP contribution in [0.25, 0.3) is 0 Å². The fourth-order valence-corrected chi connectivity index (χ4v) is 2.69. The van der Waals surface area contributed by atoms with Crippen LogP contribution in [-0.4, -0.2) is 49.0 Å². The maximum atomic E-state index is 12.3. The van der Waals surface area contributed by atoms with Crippen LogP contribution in [0.2, 0.25) is 0 Å².